The van der Waals surface area contributed by atoms with E-state index < -0.39 is 11.4 Å². The van der Waals surface area contributed by atoms with E-state index in [4.69, 9.17) is 0 Å². The number of hydrogen-bond donors (Lipinski definition) is 1. The van der Waals surface area contributed by atoms with Gasteiger partial charge in [-0.3, -0.25) is 9.69 Å². The molecule has 3 heterocycles. The Morgan fingerprint density at radius 3 is 3.09 bits per heavy atom. The highest BCUT2D eigenvalue weighted by atomic mass is 16.4. The average molecular weight is 299 g/mol. The lowest BCUT2D eigenvalue weighted by molar-refractivity contribution is -0.149. The molecule has 5 heteroatoms. The number of nitrogens with zero attached hydrogens (tertiary/aromatic N) is 3. The van der Waals surface area contributed by atoms with Crippen molar-refractivity contribution in [2.24, 2.45) is 11.3 Å². The van der Waals surface area contributed by atoms with Crippen molar-refractivity contribution in [2.45, 2.75) is 32.7 Å². The van der Waals surface area contributed by atoms with E-state index in [2.05, 4.69) is 39.7 Å². The first kappa shape index (κ1) is 13.8. The average Bonchev–Trinajstić information content (AvgIpc) is 3.09. The molecule has 2 aromatic rings. The summed E-state index contributed by atoms with van der Waals surface area (Å²) in [4.78, 5) is 18.7. The number of fused-ring (bicyclic) bond motifs is 2. The Morgan fingerprint density at radius 2 is 2.32 bits per heavy atom. The molecule has 22 heavy (non-hydrogen) atoms. The maximum atomic E-state index is 11.7. The summed E-state index contributed by atoms with van der Waals surface area (Å²) < 4.78 is 2.05. The van der Waals surface area contributed by atoms with Crippen LogP contribution in [0.1, 0.15) is 30.5 Å². The lowest BCUT2D eigenvalue weighted by atomic mass is 9.81. The highest BCUT2D eigenvalue weighted by Gasteiger charge is 2.54. The van der Waals surface area contributed by atoms with Gasteiger partial charge >= 0.3 is 5.97 Å². The van der Waals surface area contributed by atoms with Crippen LogP contribution in [0.4, 0.5) is 0 Å². The summed E-state index contributed by atoms with van der Waals surface area (Å²) in [6.07, 6.45) is 7.06. The summed E-state index contributed by atoms with van der Waals surface area (Å²) in [6.45, 7) is 4.36. The molecule has 0 spiro atoms. The first-order chi connectivity index (χ1) is 10.6. The number of aromatic nitrogens is 2. The van der Waals surface area contributed by atoms with Crippen LogP contribution in [0.3, 0.4) is 0 Å². The van der Waals surface area contributed by atoms with Crippen LogP contribution in [0, 0.1) is 18.3 Å². The lowest BCUT2D eigenvalue weighted by Crippen LogP contribution is -2.35. The van der Waals surface area contributed by atoms with Crippen molar-refractivity contribution >= 4 is 11.6 Å². The highest BCUT2D eigenvalue weighted by Crippen LogP contribution is 2.49. The number of aliphatic carboxylic acids is 1. The van der Waals surface area contributed by atoms with Gasteiger partial charge in [0.2, 0.25) is 0 Å². The van der Waals surface area contributed by atoms with Gasteiger partial charge in [0.1, 0.15) is 5.65 Å². The minimum absolute atomic E-state index is 0.310. The summed E-state index contributed by atoms with van der Waals surface area (Å²) in [5.74, 6) is -0.299. The van der Waals surface area contributed by atoms with Gasteiger partial charge in [0, 0.05) is 32.0 Å². The van der Waals surface area contributed by atoms with Crippen LogP contribution in [-0.4, -0.2) is 38.4 Å². The minimum Gasteiger partial charge on any atom is -0.481 e. The van der Waals surface area contributed by atoms with Crippen molar-refractivity contribution in [2.75, 3.05) is 13.1 Å². The second-order valence-corrected chi connectivity index (χ2v) is 6.92. The van der Waals surface area contributed by atoms with Gasteiger partial charge in [0.25, 0.3) is 0 Å². The van der Waals surface area contributed by atoms with E-state index in [-0.39, 0.29) is 0 Å². The molecule has 0 bridgehead atoms. The zero-order valence-electron chi connectivity index (χ0n) is 12.8. The number of carboxylic acid groups (broad SMARTS) is 1. The molecule has 1 saturated heterocycles. The molecule has 0 aromatic carbocycles. The molecule has 116 valence electrons. The quantitative estimate of drug-likeness (QED) is 0.945. The van der Waals surface area contributed by atoms with E-state index >= 15 is 0 Å². The van der Waals surface area contributed by atoms with Gasteiger partial charge in [-0.1, -0.05) is 12.5 Å². The van der Waals surface area contributed by atoms with E-state index in [9.17, 15) is 9.90 Å². The van der Waals surface area contributed by atoms with Gasteiger partial charge in [-0.05, 0) is 37.3 Å². The van der Waals surface area contributed by atoms with E-state index in [0.29, 0.717) is 12.5 Å². The number of rotatable bonds is 3. The molecule has 1 aliphatic carbocycles. The Bertz CT molecular complexity index is 739. The molecule has 1 aliphatic heterocycles. The molecule has 2 fully saturated rings. The summed E-state index contributed by atoms with van der Waals surface area (Å²) in [7, 11) is 0. The molecule has 5 nitrogen and oxygen atoms in total. The number of hydrogen-bond acceptors (Lipinski definition) is 3. The number of carbonyl (C=O) groups is 1. The third-order valence-corrected chi connectivity index (χ3v) is 5.40. The molecule has 1 N–H and O–H groups in total. The molecule has 0 radical (unpaired) electrons. The fraction of sp³-hybridized carbons (Fsp3) is 0.529. The fourth-order valence-electron chi connectivity index (χ4n) is 4.32. The fourth-order valence-corrected chi connectivity index (χ4v) is 4.32. The minimum atomic E-state index is -0.608. The van der Waals surface area contributed by atoms with E-state index in [1.807, 2.05) is 6.07 Å². The number of likely N-dealkylation sites (tertiary alicyclic amines) is 1. The predicted octanol–water partition coefficient (Wildman–Crippen LogP) is 2.33. The van der Waals surface area contributed by atoms with Gasteiger partial charge in [-0.15, -0.1) is 0 Å². The zero-order chi connectivity index (χ0) is 15.3. The maximum absolute atomic E-state index is 11.7. The van der Waals surface area contributed by atoms with Gasteiger partial charge in [-0.2, -0.15) is 0 Å². The summed E-state index contributed by atoms with van der Waals surface area (Å²) in [5.41, 5.74) is 2.67. The smallest absolute Gasteiger partial charge is 0.311 e. The summed E-state index contributed by atoms with van der Waals surface area (Å²) in [5, 5.41) is 9.66. The molecule has 2 atom stereocenters. The van der Waals surface area contributed by atoms with Crippen LogP contribution >= 0.6 is 0 Å². The largest absolute Gasteiger partial charge is 0.481 e. The predicted molar refractivity (Wildman–Crippen MR) is 82.6 cm³/mol. The molecule has 2 aliphatic rings. The summed E-state index contributed by atoms with van der Waals surface area (Å²) in [6, 6.07) is 4.09. The van der Waals surface area contributed by atoms with Crippen molar-refractivity contribution in [3.05, 3.63) is 35.8 Å². The Hall–Kier alpha value is -1.88. The highest BCUT2D eigenvalue weighted by molar-refractivity contribution is 5.76. The van der Waals surface area contributed by atoms with Crippen molar-refractivity contribution < 1.29 is 9.90 Å². The number of imidazole rings is 1. The van der Waals surface area contributed by atoms with E-state index in [1.165, 1.54) is 5.56 Å². The first-order valence-electron chi connectivity index (χ1n) is 7.97. The zero-order valence-corrected chi connectivity index (χ0v) is 12.8. The monoisotopic (exact) mass is 299 g/mol. The van der Waals surface area contributed by atoms with Gasteiger partial charge in [0.05, 0.1) is 11.1 Å². The van der Waals surface area contributed by atoms with Crippen LogP contribution in [0.15, 0.2) is 24.5 Å². The van der Waals surface area contributed by atoms with Crippen LogP contribution in [0.2, 0.25) is 0 Å². The second-order valence-electron chi connectivity index (χ2n) is 6.92. The number of carboxylic acids is 1. The standard InChI is InChI=1S/C17H21N3O2/c1-12-4-5-15-18-14(10-20(15)7-12)9-19-8-13-3-2-6-17(13,11-19)16(21)22/h4-5,7,10,13H,2-3,6,8-9,11H2,1H3,(H,21,22)/t13-,17+/m0/s1. The Morgan fingerprint density at radius 1 is 1.45 bits per heavy atom. The Labute approximate surface area is 129 Å². The van der Waals surface area contributed by atoms with Crippen molar-refractivity contribution in [1.82, 2.24) is 14.3 Å². The molecular weight excluding hydrogens is 278 g/mol. The molecular formula is C17H21N3O2. The normalized spacial score (nSPS) is 28.3. The van der Waals surface area contributed by atoms with Gasteiger partial charge < -0.3 is 9.51 Å². The Balaban J connectivity index is 1.55. The second kappa shape index (κ2) is 4.81. The van der Waals surface area contributed by atoms with Crippen molar-refractivity contribution in [3.63, 3.8) is 0 Å². The Kier molecular flexibility index (Phi) is 3.01. The number of pyridine rings is 1. The third-order valence-electron chi connectivity index (χ3n) is 5.40. The van der Waals surface area contributed by atoms with Crippen LogP contribution in [0.25, 0.3) is 5.65 Å². The molecule has 2 aromatic heterocycles. The van der Waals surface area contributed by atoms with Gasteiger partial charge in [0.15, 0.2) is 0 Å². The maximum Gasteiger partial charge on any atom is 0.311 e. The summed E-state index contributed by atoms with van der Waals surface area (Å²) >= 11 is 0. The van der Waals surface area contributed by atoms with Crippen LogP contribution in [0.5, 0.6) is 0 Å². The third kappa shape index (κ3) is 2.03. The first-order valence-corrected chi connectivity index (χ1v) is 7.97. The van der Waals surface area contributed by atoms with E-state index in [1.54, 1.807) is 0 Å². The SMILES string of the molecule is Cc1ccc2nc(CN3C[C@@H]4CCC[C@@]4(C(=O)O)C3)cn2c1. The van der Waals surface area contributed by atoms with Gasteiger partial charge in [-0.25, -0.2) is 4.98 Å². The number of aryl methyl sites for hydroxylation is 1. The molecule has 0 unspecified atom stereocenters. The van der Waals surface area contributed by atoms with Crippen molar-refractivity contribution in [3.8, 4) is 0 Å². The molecule has 4 rings (SSSR count). The van der Waals surface area contributed by atoms with Crippen molar-refractivity contribution in [1.29, 1.82) is 0 Å². The van der Waals surface area contributed by atoms with E-state index in [0.717, 1.165) is 43.7 Å². The van der Waals surface area contributed by atoms with Crippen LogP contribution in [-0.2, 0) is 11.3 Å². The molecule has 1 saturated carbocycles. The van der Waals surface area contributed by atoms with Crippen LogP contribution < -0.4 is 0 Å². The lowest BCUT2D eigenvalue weighted by Gasteiger charge is -2.23. The topological polar surface area (TPSA) is 57.8 Å². The molecule has 0 amide bonds.